The van der Waals surface area contributed by atoms with E-state index in [0.29, 0.717) is 4.99 Å². The summed E-state index contributed by atoms with van der Waals surface area (Å²) in [5.74, 6) is 0.214. The van der Waals surface area contributed by atoms with Crippen molar-refractivity contribution in [3.05, 3.63) is 29.8 Å². The lowest BCUT2D eigenvalue weighted by Crippen LogP contribution is -2.43. The second-order valence-electron chi connectivity index (χ2n) is 4.67. The van der Waals surface area contributed by atoms with Crippen molar-refractivity contribution >= 4 is 17.2 Å². The molecule has 4 nitrogen and oxygen atoms in total. The number of likely N-dealkylation sites (tertiary alicyclic amines) is 1. The summed E-state index contributed by atoms with van der Waals surface area (Å²) >= 11 is 5.14. The van der Waals surface area contributed by atoms with Gasteiger partial charge in [0, 0.05) is 13.1 Å². The molecule has 0 spiro atoms. The average molecular weight is 266 g/mol. The van der Waals surface area contributed by atoms with Crippen LogP contribution in [0.1, 0.15) is 24.4 Å². The molecule has 18 heavy (non-hydrogen) atoms. The van der Waals surface area contributed by atoms with Crippen molar-refractivity contribution in [1.29, 1.82) is 0 Å². The van der Waals surface area contributed by atoms with Gasteiger partial charge in [0.1, 0.15) is 5.75 Å². The number of benzene rings is 1. The zero-order valence-electron chi connectivity index (χ0n) is 10.1. The maximum absolute atomic E-state index is 9.54. The molecule has 0 radical (unpaired) electrons. The van der Waals surface area contributed by atoms with E-state index in [2.05, 4.69) is 4.90 Å². The molecule has 98 valence electrons. The summed E-state index contributed by atoms with van der Waals surface area (Å²) in [7, 11) is 0. The molecule has 0 aromatic heterocycles. The number of aliphatic hydroxyl groups excluding tert-OH is 1. The lowest BCUT2D eigenvalue weighted by Gasteiger charge is -2.35. The first kappa shape index (κ1) is 13.3. The Hall–Kier alpha value is -1.17. The summed E-state index contributed by atoms with van der Waals surface area (Å²) in [6.45, 7) is 1.53. The highest BCUT2D eigenvalue weighted by Gasteiger charge is 2.27. The molecule has 4 N–H and O–H groups in total. The standard InChI is InChI=1S/C13H18N2O2S/c14-13(18)12(9-2-1-3-11(17)8-9)15-6-4-10(16)5-7-15/h1-3,8,10,12,16-17H,4-7H2,(H2,14,18). The number of phenols is 1. The topological polar surface area (TPSA) is 69.7 Å². The summed E-state index contributed by atoms with van der Waals surface area (Å²) in [5.41, 5.74) is 6.73. The largest absolute Gasteiger partial charge is 0.508 e. The number of nitrogens with zero attached hydrogens (tertiary/aromatic N) is 1. The molecule has 1 aromatic carbocycles. The third kappa shape index (κ3) is 2.98. The highest BCUT2D eigenvalue weighted by molar-refractivity contribution is 7.80. The van der Waals surface area contributed by atoms with Crippen LogP contribution in [0.25, 0.3) is 0 Å². The number of phenolic OH excluding ortho intramolecular Hbond substituents is 1. The summed E-state index contributed by atoms with van der Waals surface area (Å²) < 4.78 is 0. The summed E-state index contributed by atoms with van der Waals surface area (Å²) in [6, 6.07) is 6.85. The molecule has 1 heterocycles. The maximum Gasteiger partial charge on any atom is 0.115 e. The molecular formula is C13H18N2O2S. The summed E-state index contributed by atoms with van der Waals surface area (Å²) in [4.78, 5) is 2.56. The van der Waals surface area contributed by atoms with Gasteiger partial charge in [-0.25, -0.2) is 0 Å². The molecule has 0 bridgehead atoms. The molecule has 1 aromatic rings. The third-order valence-corrected chi connectivity index (χ3v) is 3.54. The fourth-order valence-electron chi connectivity index (χ4n) is 2.39. The number of piperidine rings is 1. The van der Waals surface area contributed by atoms with Gasteiger partial charge in [0.25, 0.3) is 0 Å². The Kier molecular flexibility index (Phi) is 4.16. The Morgan fingerprint density at radius 2 is 2.06 bits per heavy atom. The number of nitrogens with two attached hydrogens (primary N) is 1. The van der Waals surface area contributed by atoms with Crippen LogP contribution in [-0.4, -0.2) is 39.3 Å². The highest BCUT2D eigenvalue weighted by atomic mass is 32.1. The number of hydrogen-bond donors (Lipinski definition) is 3. The van der Waals surface area contributed by atoms with Crippen LogP contribution in [0.2, 0.25) is 0 Å². The van der Waals surface area contributed by atoms with Crippen LogP contribution in [0.3, 0.4) is 0 Å². The Labute approximate surface area is 112 Å². The highest BCUT2D eigenvalue weighted by Crippen LogP contribution is 2.27. The Bertz CT molecular complexity index is 431. The molecule has 0 amide bonds. The normalized spacial score (nSPS) is 19.6. The summed E-state index contributed by atoms with van der Waals surface area (Å²) in [6.07, 6.45) is 1.24. The van der Waals surface area contributed by atoms with Crippen molar-refractivity contribution in [1.82, 2.24) is 4.90 Å². The van der Waals surface area contributed by atoms with E-state index in [9.17, 15) is 10.2 Å². The van der Waals surface area contributed by atoms with E-state index in [0.717, 1.165) is 31.5 Å². The van der Waals surface area contributed by atoms with Crippen LogP contribution in [-0.2, 0) is 0 Å². The van der Waals surface area contributed by atoms with Crippen molar-refractivity contribution in [3.8, 4) is 5.75 Å². The van der Waals surface area contributed by atoms with Crippen LogP contribution in [0.5, 0.6) is 5.75 Å². The molecule has 0 saturated carbocycles. The molecule has 1 fully saturated rings. The minimum absolute atomic E-state index is 0.167. The lowest BCUT2D eigenvalue weighted by atomic mass is 10.0. The van der Waals surface area contributed by atoms with E-state index >= 15 is 0 Å². The minimum atomic E-state index is -0.225. The molecule has 1 aliphatic rings. The van der Waals surface area contributed by atoms with E-state index in [-0.39, 0.29) is 17.9 Å². The molecule has 1 aliphatic heterocycles. The van der Waals surface area contributed by atoms with Gasteiger partial charge < -0.3 is 15.9 Å². The Morgan fingerprint density at radius 1 is 1.39 bits per heavy atom. The SMILES string of the molecule is NC(=S)C(c1cccc(O)c1)N1CCC(O)CC1. The van der Waals surface area contributed by atoms with Gasteiger partial charge in [-0.1, -0.05) is 24.4 Å². The van der Waals surface area contributed by atoms with E-state index in [4.69, 9.17) is 18.0 Å². The predicted molar refractivity (Wildman–Crippen MR) is 74.4 cm³/mol. The maximum atomic E-state index is 9.54. The molecule has 0 aliphatic carbocycles. The number of hydrogen-bond acceptors (Lipinski definition) is 4. The first-order chi connectivity index (χ1) is 8.58. The third-order valence-electron chi connectivity index (χ3n) is 3.32. The fraction of sp³-hybridized carbons (Fsp3) is 0.462. The quantitative estimate of drug-likeness (QED) is 0.717. The van der Waals surface area contributed by atoms with Gasteiger partial charge in [-0.05, 0) is 30.5 Å². The van der Waals surface area contributed by atoms with Crippen LogP contribution in [0, 0.1) is 0 Å². The van der Waals surface area contributed by atoms with Crippen molar-refractivity contribution in [2.75, 3.05) is 13.1 Å². The van der Waals surface area contributed by atoms with Crippen molar-refractivity contribution < 1.29 is 10.2 Å². The molecule has 1 unspecified atom stereocenters. The molecule has 2 rings (SSSR count). The number of aromatic hydroxyl groups is 1. The average Bonchev–Trinajstić information content (AvgIpc) is 2.32. The number of thiocarbonyl (C=S) groups is 1. The van der Waals surface area contributed by atoms with Crippen molar-refractivity contribution in [2.24, 2.45) is 5.73 Å². The van der Waals surface area contributed by atoms with Gasteiger partial charge in [0.2, 0.25) is 0 Å². The number of rotatable bonds is 3. The van der Waals surface area contributed by atoms with Crippen LogP contribution in [0.15, 0.2) is 24.3 Å². The monoisotopic (exact) mass is 266 g/mol. The van der Waals surface area contributed by atoms with Crippen molar-refractivity contribution in [3.63, 3.8) is 0 Å². The van der Waals surface area contributed by atoms with Gasteiger partial charge in [-0.2, -0.15) is 0 Å². The lowest BCUT2D eigenvalue weighted by molar-refractivity contribution is 0.0739. The zero-order valence-corrected chi connectivity index (χ0v) is 10.9. The smallest absolute Gasteiger partial charge is 0.115 e. The van der Waals surface area contributed by atoms with Gasteiger partial charge in [-0.15, -0.1) is 0 Å². The van der Waals surface area contributed by atoms with Gasteiger partial charge in [-0.3, -0.25) is 4.90 Å². The second kappa shape index (κ2) is 5.65. The van der Waals surface area contributed by atoms with E-state index < -0.39 is 0 Å². The van der Waals surface area contributed by atoms with Crippen LogP contribution in [0.4, 0.5) is 0 Å². The van der Waals surface area contributed by atoms with Crippen LogP contribution < -0.4 is 5.73 Å². The molecule has 1 atom stereocenters. The first-order valence-electron chi connectivity index (χ1n) is 6.08. The first-order valence-corrected chi connectivity index (χ1v) is 6.49. The molecule has 1 saturated heterocycles. The molecular weight excluding hydrogens is 248 g/mol. The minimum Gasteiger partial charge on any atom is -0.508 e. The van der Waals surface area contributed by atoms with Gasteiger partial charge in [0.05, 0.1) is 17.1 Å². The molecule has 5 heteroatoms. The fourth-order valence-corrected chi connectivity index (χ4v) is 2.68. The second-order valence-corrected chi connectivity index (χ2v) is 5.14. The van der Waals surface area contributed by atoms with Gasteiger partial charge in [0.15, 0.2) is 0 Å². The van der Waals surface area contributed by atoms with E-state index in [1.54, 1.807) is 18.2 Å². The predicted octanol–water partition coefficient (Wildman–Crippen LogP) is 1.18. The Morgan fingerprint density at radius 3 is 2.61 bits per heavy atom. The van der Waals surface area contributed by atoms with E-state index in [1.807, 2.05) is 6.07 Å². The zero-order chi connectivity index (χ0) is 13.1. The van der Waals surface area contributed by atoms with Crippen molar-refractivity contribution in [2.45, 2.75) is 25.0 Å². The Balaban J connectivity index is 2.21. The van der Waals surface area contributed by atoms with Crippen LogP contribution >= 0.6 is 12.2 Å². The van der Waals surface area contributed by atoms with Gasteiger partial charge >= 0.3 is 0 Å². The summed E-state index contributed by atoms with van der Waals surface area (Å²) in [5, 5.41) is 19.1. The number of aliphatic hydroxyl groups is 1. The van der Waals surface area contributed by atoms with E-state index in [1.165, 1.54) is 0 Å².